The molecule has 4 nitrogen and oxygen atoms in total. The molecule has 0 aliphatic heterocycles. The van der Waals surface area contributed by atoms with Gasteiger partial charge in [0.05, 0.1) is 25.5 Å². The monoisotopic (exact) mass is 249 g/mol. The number of nitrogens with zero attached hydrogens (tertiary/aromatic N) is 1. The van der Waals surface area contributed by atoms with E-state index in [0.29, 0.717) is 0 Å². The van der Waals surface area contributed by atoms with Gasteiger partial charge in [0, 0.05) is 16.9 Å². The number of thiazole rings is 1. The number of methoxy groups -OCH3 is 1. The summed E-state index contributed by atoms with van der Waals surface area (Å²) in [5.41, 5.74) is 2.04. The summed E-state index contributed by atoms with van der Waals surface area (Å²) in [6, 6.07) is 1.94. The zero-order valence-electron chi connectivity index (χ0n) is 9.36. The van der Waals surface area contributed by atoms with Crippen LogP contribution in [0.4, 0.5) is 0 Å². The third kappa shape index (κ3) is 1.76. The minimum Gasteiger partial charge on any atom is -0.469 e. The summed E-state index contributed by atoms with van der Waals surface area (Å²) in [5.74, 6) is 0.746. The van der Waals surface area contributed by atoms with Crippen LogP contribution in [0.25, 0.3) is 11.3 Å². The molecule has 2 heterocycles. The number of carbonyl (C=O) groups excluding carboxylic acids is 1. The van der Waals surface area contributed by atoms with Gasteiger partial charge in [0.1, 0.15) is 10.8 Å². The van der Waals surface area contributed by atoms with Gasteiger partial charge in [-0.3, -0.25) is 4.79 Å². The van der Waals surface area contributed by atoms with Crippen molar-refractivity contribution in [2.75, 3.05) is 7.11 Å². The first-order valence-corrected chi connectivity index (χ1v) is 6.21. The minimum atomic E-state index is -0.247. The van der Waals surface area contributed by atoms with Crippen LogP contribution < -0.4 is 0 Å². The fourth-order valence-corrected chi connectivity index (χ4v) is 3.09. The molecule has 2 aromatic rings. The summed E-state index contributed by atoms with van der Waals surface area (Å²) in [6.07, 6.45) is 3.80. The number of hydrogen-bond donors (Lipinski definition) is 0. The van der Waals surface area contributed by atoms with Crippen LogP contribution in [0.15, 0.2) is 16.7 Å². The first-order chi connectivity index (χ1) is 8.28. The highest BCUT2D eigenvalue weighted by molar-refractivity contribution is 7.12. The maximum atomic E-state index is 11.2. The Morgan fingerprint density at radius 3 is 3.29 bits per heavy atom. The molecule has 1 aliphatic rings. The number of rotatable bonds is 2. The van der Waals surface area contributed by atoms with E-state index < -0.39 is 0 Å². The van der Waals surface area contributed by atoms with Gasteiger partial charge in [-0.05, 0) is 12.5 Å². The quantitative estimate of drug-likeness (QED) is 0.766. The molecule has 3 rings (SSSR count). The van der Waals surface area contributed by atoms with Crippen molar-refractivity contribution >= 4 is 17.3 Å². The largest absolute Gasteiger partial charge is 0.469 e. The highest BCUT2D eigenvalue weighted by Crippen LogP contribution is 2.36. The van der Waals surface area contributed by atoms with Crippen molar-refractivity contribution in [1.29, 1.82) is 0 Å². The van der Waals surface area contributed by atoms with Crippen molar-refractivity contribution in [3.05, 3.63) is 28.0 Å². The number of aromatic nitrogens is 1. The smallest absolute Gasteiger partial charge is 0.312 e. The van der Waals surface area contributed by atoms with E-state index >= 15 is 0 Å². The fourth-order valence-electron chi connectivity index (χ4n) is 2.02. The van der Waals surface area contributed by atoms with Gasteiger partial charge in [0.25, 0.3) is 0 Å². The van der Waals surface area contributed by atoms with Crippen LogP contribution >= 0.6 is 11.3 Å². The summed E-state index contributed by atoms with van der Waals surface area (Å²) in [5, 5.41) is 0.816. The van der Waals surface area contributed by atoms with Crippen LogP contribution in [0, 0.1) is 0 Å². The number of carbonyl (C=O) groups is 1. The number of fused-ring (bicyclic) bond motifs is 3. The first kappa shape index (κ1) is 10.5. The van der Waals surface area contributed by atoms with Crippen molar-refractivity contribution < 1.29 is 13.9 Å². The minimum absolute atomic E-state index is 0.247. The normalized spacial score (nSPS) is 13.0. The predicted molar refractivity (Wildman–Crippen MR) is 62.9 cm³/mol. The molecular weight excluding hydrogens is 238 g/mol. The summed E-state index contributed by atoms with van der Waals surface area (Å²) in [6.45, 7) is 0. The number of furan rings is 1. The number of esters is 1. The van der Waals surface area contributed by atoms with E-state index in [0.717, 1.165) is 34.9 Å². The highest BCUT2D eigenvalue weighted by atomic mass is 32.1. The molecule has 0 atom stereocenters. The topological polar surface area (TPSA) is 52.3 Å². The van der Waals surface area contributed by atoms with Gasteiger partial charge in [0.15, 0.2) is 0 Å². The molecule has 0 spiro atoms. The van der Waals surface area contributed by atoms with Crippen molar-refractivity contribution in [3.63, 3.8) is 0 Å². The third-order valence-electron chi connectivity index (χ3n) is 2.84. The zero-order valence-corrected chi connectivity index (χ0v) is 10.2. The van der Waals surface area contributed by atoms with Crippen molar-refractivity contribution in [2.45, 2.75) is 19.3 Å². The summed E-state index contributed by atoms with van der Waals surface area (Å²) in [7, 11) is 1.39. The lowest BCUT2D eigenvalue weighted by molar-refractivity contribution is -0.139. The molecule has 88 valence electrons. The molecule has 0 saturated heterocycles. The fraction of sp³-hybridized carbons (Fsp3) is 0.333. The molecule has 0 saturated carbocycles. The Kier molecular flexibility index (Phi) is 2.48. The molecule has 0 unspecified atom stereocenters. The zero-order chi connectivity index (χ0) is 11.8. The van der Waals surface area contributed by atoms with Crippen LogP contribution in [0.3, 0.4) is 0 Å². The Labute approximate surface area is 102 Å². The van der Waals surface area contributed by atoms with Crippen molar-refractivity contribution in [2.24, 2.45) is 0 Å². The van der Waals surface area contributed by atoms with Crippen LogP contribution in [0.1, 0.15) is 15.6 Å². The van der Waals surface area contributed by atoms with Gasteiger partial charge in [-0.2, -0.15) is 0 Å². The van der Waals surface area contributed by atoms with E-state index in [1.54, 1.807) is 17.6 Å². The molecule has 0 bridgehead atoms. The molecule has 0 aromatic carbocycles. The molecule has 2 aromatic heterocycles. The maximum absolute atomic E-state index is 11.2. The second-order valence-electron chi connectivity index (χ2n) is 3.89. The highest BCUT2D eigenvalue weighted by Gasteiger charge is 2.23. The lowest BCUT2D eigenvalue weighted by atomic mass is 10.0. The van der Waals surface area contributed by atoms with E-state index in [1.165, 1.54) is 12.0 Å². The average Bonchev–Trinajstić information content (AvgIpc) is 2.92. The van der Waals surface area contributed by atoms with E-state index in [1.807, 2.05) is 6.07 Å². The molecule has 5 heteroatoms. The van der Waals surface area contributed by atoms with E-state index in [2.05, 4.69) is 9.72 Å². The van der Waals surface area contributed by atoms with Crippen molar-refractivity contribution in [3.8, 4) is 11.3 Å². The van der Waals surface area contributed by atoms with Gasteiger partial charge in [-0.1, -0.05) is 0 Å². The van der Waals surface area contributed by atoms with E-state index in [4.69, 9.17) is 4.42 Å². The summed E-state index contributed by atoms with van der Waals surface area (Å²) in [4.78, 5) is 17.0. The maximum Gasteiger partial charge on any atom is 0.312 e. The number of aryl methyl sites for hydroxylation is 2. The molecule has 1 aliphatic carbocycles. The Hall–Kier alpha value is -1.62. The van der Waals surface area contributed by atoms with Crippen molar-refractivity contribution in [1.82, 2.24) is 4.98 Å². The second kappa shape index (κ2) is 4.00. The Bertz CT molecular complexity index is 570. The van der Waals surface area contributed by atoms with Crippen LogP contribution in [-0.4, -0.2) is 18.1 Å². The predicted octanol–water partition coefficient (Wildman–Crippen LogP) is 2.22. The summed E-state index contributed by atoms with van der Waals surface area (Å²) >= 11 is 1.59. The van der Waals surface area contributed by atoms with Gasteiger partial charge in [0.2, 0.25) is 0 Å². The van der Waals surface area contributed by atoms with Gasteiger partial charge in [-0.15, -0.1) is 11.3 Å². The van der Waals surface area contributed by atoms with Crippen LogP contribution in [0.5, 0.6) is 0 Å². The van der Waals surface area contributed by atoms with Gasteiger partial charge >= 0.3 is 5.97 Å². The third-order valence-corrected chi connectivity index (χ3v) is 3.96. The molecular formula is C12H11NO3S. The lowest BCUT2D eigenvalue weighted by Gasteiger charge is -2.07. The SMILES string of the molecule is COC(=O)Cc1nc2c(s1)CCc1occc1-2. The molecule has 0 amide bonds. The first-order valence-electron chi connectivity index (χ1n) is 5.40. The van der Waals surface area contributed by atoms with Crippen LogP contribution in [0.2, 0.25) is 0 Å². The van der Waals surface area contributed by atoms with Gasteiger partial charge < -0.3 is 9.15 Å². The Morgan fingerprint density at radius 2 is 2.47 bits per heavy atom. The molecule has 0 fully saturated rings. The molecule has 0 N–H and O–H groups in total. The second-order valence-corrected chi connectivity index (χ2v) is 5.06. The number of hydrogen-bond acceptors (Lipinski definition) is 5. The van der Waals surface area contributed by atoms with E-state index in [-0.39, 0.29) is 12.4 Å². The Morgan fingerprint density at radius 1 is 1.59 bits per heavy atom. The standard InChI is InChI=1S/C12H11NO3S/c1-15-11(14)6-10-13-12-7-4-5-16-8(7)2-3-9(12)17-10/h4-5H,2-3,6H2,1H3. The lowest BCUT2D eigenvalue weighted by Crippen LogP contribution is -2.03. The summed E-state index contributed by atoms with van der Waals surface area (Å²) < 4.78 is 10.0. The van der Waals surface area contributed by atoms with E-state index in [9.17, 15) is 4.79 Å². The number of ether oxygens (including phenoxy) is 1. The molecule has 17 heavy (non-hydrogen) atoms. The Balaban J connectivity index is 1.97. The molecule has 0 radical (unpaired) electrons. The average molecular weight is 249 g/mol. The van der Waals surface area contributed by atoms with Crippen LogP contribution in [-0.2, 0) is 28.8 Å². The van der Waals surface area contributed by atoms with Gasteiger partial charge in [-0.25, -0.2) is 4.98 Å².